The van der Waals surface area contributed by atoms with Gasteiger partial charge in [0.05, 0.1) is 12.8 Å². The van der Waals surface area contributed by atoms with E-state index in [4.69, 9.17) is 10.2 Å². The van der Waals surface area contributed by atoms with Crippen LogP contribution in [-0.2, 0) is 23.1 Å². The fourth-order valence-corrected chi connectivity index (χ4v) is 3.13. The van der Waals surface area contributed by atoms with Gasteiger partial charge in [-0.05, 0) is 13.0 Å². The predicted molar refractivity (Wildman–Crippen MR) is 73.0 cm³/mol. The van der Waals surface area contributed by atoms with Crippen LogP contribution in [-0.4, -0.2) is 50.1 Å². The van der Waals surface area contributed by atoms with Crippen molar-refractivity contribution < 1.29 is 12.8 Å². The Kier molecular flexibility index (Phi) is 4.29. The summed E-state index contributed by atoms with van der Waals surface area (Å²) in [6.07, 6.45) is 1.26. The zero-order chi connectivity index (χ0) is 14.0. The molecule has 0 amide bonds. The third-order valence-corrected chi connectivity index (χ3v) is 4.77. The van der Waals surface area contributed by atoms with Crippen LogP contribution in [0.3, 0.4) is 0 Å². The van der Waals surface area contributed by atoms with Crippen molar-refractivity contribution in [1.29, 1.82) is 0 Å². The van der Waals surface area contributed by atoms with E-state index in [0.29, 0.717) is 26.2 Å². The molecule has 0 aliphatic carbocycles. The molecular formula is C12H21N3O3S. The van der Waals surface area contributed by atoms with Crippen molar-refractivity contribution in [1.82, 2.24) is 9.21 Å². The number of nitrogens with two attached hydrogens (primary N) is 1. The number of hydrogen-bond donors (Lipinski definition) is 1. The summed E-state index contributed by atoms with van der Waals surface area (Å²) in [7, 11) is -3.06. The highest BCUT2D eigenvalue weighted by Crippen LogP contribution is 2.17. The summed E-state index contributed by atoms with van der Waals surface area (Å²) in [5.74, 6) is 1.76. The maximum atomic E-state index is 11.4. The number of piperazine rings is 1. The van der Waals surface area contributed by atoms with Gasteiger partial charge >= 0.3 is 0 Å². The zero-order valence-corrected chi connectivity index (χ0v) is 12.2. The van der Waals surface area contributed by atoms with Gasteiger partial charge in [-0.25, -0.2) is 8.42 Å². The molecule has 1 saturated heterocycles. The first-order valence-electron chi connectivity index (χ1n) is 6.36. The van der Waals surface area contributed by atoms with Crippen molar-refractivity contribution >= 4 is 10.0 Å². The fraction of sp³-hybridized carbons (Fsp3) is 0.667. The number of rotatable bonds is 4. The first-order valence-corrected chi connectivity index (χ1v) is 8.20. The second-order valence-corrected chi connectivity index (χ2v) is 6.92. The Morgan fingerprint density at radius 3 is 2.42 bits per heavy atom. The maximum absolute atomic E-state index is 11.4. The van der Waals surface area contributed by atoms with Crippen LogP contribution in [0.4, 0.5) is 0 Å². The van der Waals surface area contributed by atoms with E-state index in [2.05, 4.69) is 4.90 Å². The molecule has 1 aliphatic rings. The lowest BCUT2D eigenvalue weighted by Crippen LogP contribution is -2.47. The first kappa shape index (κ1) is 14.5. The van der Waals surface area contributed by atoms with Crippen LogP contribution in [0.5, 0.6) is 0 Å². The third kappa shape index (κ3) is 3.56. The molecule has 2 heterocycles. The summed E-state index contributed by atoms with van der Waals surface area (Å²) in [6.45, 7) is 5.64. The molecule has 1 fully saturated rings. The van der Waals surface area contributed by atoms with Crippen LogP contribution < -0.4 is 5.73 Å². The standard InChI is InChI=1S/C12H21N3O3S/c1-10-11(8-13)7-12(18-10)9-14-3-5-15(6-4-14)19(2,16)17/h7H,3-6,8-9,13H2,1-2H3. The second-order valence-electron chi connectivity index (χ2n) is 4.94. The Morgan fingerprint density at radius 2 is 1.95 bits per heavy atom. The highest BCUT2D eigenvalue weighted by Gasteiger charge is 2.23. The van der Waals surface area contributed by atoms with Crippen LogP contribution in [0, 0.1) is 6.92 Å². The number of sulfonamides is 1. The lowest BCUT2D eigenvalue weighted by molar-refractivity contribution is 0.171. The first-order chi connectivity index (χ1) is 8.90. The Labute approximate surface area is 114 Å². The molecule has 0 aromatic carbocycles. The van der Waals surface area contributed by atoms with Gasteiger partial charge in [0, 0.05) is 38.3 Å². The summed E-state index contributed by atoms with van der Waals surface area (Å²) in [6, 6.07) is 1.98. The lowest BCUT2D eigenvalue weighted by Gasteiger charge is -2.32. The van der Waals surface area contributed by atoms with E-state index in [-0.39, 0.29) is 0 Å². The molecule has 0 bridgehead atoms. The molecule has 0 saturated carbocycles. The number of aryl methyl sites for hydroxylation is 1. The van der Waals surface area contributed by atoms with Gasteiger partial charge in [-0.2, -0.15) is 4.31 Å². The van der Waals surface area contributed by atoms with Gasteiger partial charge in [0.25, 0.3) is 0 Å². The average molecular weight is 287 g/mol. The Hall–Kier alpha value is -0.890. The number of nitrogens with zero attached hydrogens (tertiary/aromatic N) is 2. The molecule has 0 spiro atoms. The summed E-state index contributed by atoms with van der Waals surface area (Å²) >= 11 is 0. The highest BCUT2D eigenvalue weighted by molar-refractivity contribution is 7.88. The molecule has 1 aromatic rings. The summed E-state index contributed by atoms with van der Waals surface area (Å²) in [5, 5.41) is 0. The quantitative estimate of drug-likeness (QED) is 0.851. The molecule has 1 aromatic heterocycles. The molecule has 0 atom stereocenters. The monoisotopic (exact) mass is 287 g/mol. The molecule has 6 nitrogen and oxygen atoms in total. The van der Waals surface area contributed by atoms with Crippen molar-refractivity contribution in [3.8, 4) is 0 Å². The van der Waals surface area contributed by atoms with Crippen LogP contribution in [0.1, 0.15) is 17.1 Å². The minimum Gasteiger partial charge on any atom is -0.465 e. The van der Waals surface area contributed by atoms with E-state index < -0.39 is 10.0 Å². The van der Waals surface area contributed by atoms with Gasteiger partial charge in [-0.1, -0.05) is 0 Å². The molecule has 0 radical (unpaired) electrons. The van der Waals surface area contributed by atoms with E-state index in [1.807, 2.05) is 13.0 Å². The molecule has 0 unspecified atom stereocenters. The SMILES string of the molecule is Cc1oc(CN2CCN(S(C)(=O)=O)CC2)cc1CN. The zero-order valence-electron chi connectivity index (χ0n) is 11.4. The topological polar surface area (TPSA) is 79.8 Å². The van der Waals surface area contributed by atoms with E-state index in [9.17, 15) is 8.42 Å². The van der Waals surface area contributed by atoms with Crippen molar-refractivity contribution in [3.63, 3.8) is 0 Å². The number of furan rings is 1. The van der Waals surface area contributed by atoms with E-state index >= 15 is 0 Å². The molecule has 1 aliphatic heterocycles. The predicted octanol–water partition coefficient (Wildman–Crippen LogP) is 0.124. The van der Waals surface area contributed by atoms with Crippen molar-refractivity contribution in [2.45, 2.75) is 20.0 Å². The fourth-order valence-electron chi connectivity index (χ4n) is 2.31. The van der Waals surface area contributed by atoms with Gasteiger partial charge in [0.15, 0.2) is 0 Å². The van der Waals surface area contributed by atoms with Crippen molar-refractivity contribution in [3.05, 3.63) is 23.2 Å². The van der Waals surface area contributed by atoms with Crippen LogP contribution in [0.25, 0.3) is 0 Å². The van der Waals surface area contributed by atoms with E-state index in [1.54, 1.807) is 0 Å². The molecular weight excluding hydrogens is 266 g/mol. The highest BCUT2D eigenvalue weighted by atomic mass is 32.2. The van der Waals surface area contributed by atoms with Gasteiger partial charge in [0.2, 0.25) is 10.0 Å². The Bertz CT molecular complexity index is 530. The largest absolute Gasteiger partial charge is 0.465 e. The minimum atomic E-state index is -3.06. The minimum absolute atomic E-state index is 0.483. The molecule has 2 rings (SSSR count). The molecule has 7 heteroatoms. The Morgan fingerprint density at radius 1 is 1.32 bits per heavy atom. The molecule has 2 N–H and O–H groups in total. The van der Waals surface area contributed by atoms with Gasteiger partial charge in [-0.3, -0.25) is 4.90 Å². The molecule has 19 heavy (non-hydrogen) atoms. The summed E-state index contributed by atoms with van der Waals surface area (Å²) in [4.78, 5) is 2.19. The van der Waals surface area contributed by atoms with E-state index in [1.165, 1.54) is 10.6 Å². The van der Waals surface area contributed by atoms with Gasteiger partial charge < -0.3 is 10.2 Å². The van der Waals surface area contributed by atoms with Crippen molar-refractivity contribution in [2.75, 3.05) is 32.4 Å². The Balaban J connectivity index is 1.92. The number of hydrogen-bond acceptors (Lipinski definition) is 5. The third-order valence-electron chi connectivity index (χ3n) is 3.47. The van der Waals surface area contributed by atoms with Gasteiger partial charge in [-0.15, -0.1) is 0 Å². The summed E-state index contributed by atoms with van der Waals surface area (Å²) < 4.78 is 30.0. The normalized spacial score (nSPS) is 18.9. The van der Waals surface area contributed by atoms with Gasteiger partial charge in [0.1, 0.15) is 11.5 Å². The smallest absolute Gasteiger partial charge is 0.211 e. The lowest BCUT2D eigenvalue weighted by atomic mass is 10.2. The van der Waals surface area contributed by atoms with Crippen LogP contribution in [0.15, 0.2) is 10.5 Å². The second kappa shape index (κ2) is 5.62. The van der Waals surface area contributed by atoms with Crippen molar-refractivity contribution in [2.24, 2.45) is 5.73 Å². The average Bonchev–Trinajstić information content (AvgIpc) is 2.69. The molecule has 108 valence electrons. The van der Waals surface area contributed by atoms with Crippen LogP contribution in [0.2, 0.25) is 0 Å². The van der Waals surface area contributed by atoms with E-state index in [0.717, 1.165) is 30.2 Å². The summed E-state index contributed by atoms with van der Waals surface area (Å²) in [5.41, 5.74) is 6.65. The van der Waals surface area contributed by atoms with Crippen LogP contribution >= 0.6 is 0 Å². The maximum Gasteiger partial charge on any atom is 0.211 e.